The first-order valence-corrected chi connectivity index (χ1v) is 8.42. The number of rotatable bonds is 5. The van der Waals surface area contributed by atoms with Crippen molar-refractivity contribution in [1.82, 2.24) is 20.8 Å². The lowest BCUT2D eigenvalue weighted by Gasteiger charge is -2.20. The molecule has 1 aromatic carbocycles. The summed E-state index contributed by atoms with van der Waals surface area (Å²) in [7, 11) is 3.33. The molecule has 2 aromatic rings. The van der Waals surface area contributed by atoms with Crippen molar-refractivity contribution in [1.29, 1.82) is 0 Å². The van der Waals surface area contributed by atoms with Gasteiger partial charge in [0.1, 0.15) is 11.6 Å². The number of allylic oxidation sites excluding steroid dienone is 2. The molecule has 0 aliphatic carbocycles. The van der Waals surface area contributed by atoms with Crippen molar-refractivity contribution in [3.05, 3.63) is 59.9 Å². The van der Waals surface area contributed by atoms with E-state index in [4.69, 9.17) is 4.74 Å². The van der Waals surface area contributed by atoms with Gasteiger partial charge in [0.25, 0.3) is 0 Å². The minimum absolute atomic E-state index is 0.155. The number of carbonyl (C=O) groups excluding carboxylic acids is 1. The van der Waals surface area contributed by atoms with Crippen LogP contribution in [0.25, 0.3) is 5.57 Å². The predicted octanol–water partition coefficient (Wildman–Crippen LogP) is 2.83. The van der Waals surface area contributed by atoms with E-state index in [1.54, 1.807) is 14.2 Å². The molecule has 3 N–H and O–H groups in total. The Kier molecular flexibility index (Phi) is 5.26. The Labute approximate surface area is 152 Å². The summed E-state index contributed by atoms with van der Waals surface area (Å²) in [4.78, 5) is 14.1. The number of anilines is 1. The van der Waals surface area contributed by atoms with Crippen LogP contribution in [0.2, 0.25) is 0 Å². The lowest BCUT2D eigenvalue weighted by atomic mass is 10.1. The van der Waals surface area contributed by atoms with Gasteiger partial charge in [-0.1, -0.05) is 18.2 Å². The van der Waals surface area contributed by atoms with Crippen LogP contribution in [0.5, 0.6) is 5.75 Å². The summed E-state index contributed by atoms with van der Waals surface area (Å²) in [6, 6.07) is 9.13. The minimum Gasteiger partial charge on any atom is -0.497 e. The van der Waals surface area contributed by atoms with Crippen molar-refractivity contribution >= 4 is 17.4 Å². The summed E-state index contributed by atoms with van der Waals surface area (Å²) < 4.78 is 5.24. The molecule has 0 radical (unpaired) electrons. The van der Waals surface area contributed by atoms with Gasteiger partial charge >= 0.3 is 6.03 Å². The van der Waals surface area contributed by atoms with E-state index in [9.17, 15) is 4.79 Å². The zero-order valence-electron chi connectivity index (χ0n) is 15.1. The molecule has 1 atom stereocenters. The summed E-state index contributed by atoms with van der Waals surface area (Å²) in [6.07, 6.45) is 5.88. The fourth-order valence-electron chi connectivity index (χ4n) is 2.66. The molecule has 1 aliphatic heterocycles. The molecule has 0 fully saturated rings. The van der Waals surface area contributed by atoms with E-state index in [1.165, 1.54) is 4.90 Å². The number of amides is 2. The molecule has 1 aliphatic rings. The van der Waals surface area contributed by atoms with Gasteiger partial charge in [0, 0.05) is 25.2 Å². The van der Waals surface area contributed by atoms with Crippen molar-refractivity contribution in [3.8, 4) is 5.75 Å². The fourth-order valence-corrected chi connectivity index (χ4v) is 2.66. The predicted molar refractivity (Wildman–Crippen MR) is 102 cm³/mol. The van der Waals surface area contributed by atoms with Crippen LogP contribution >= 0.6 is 0 Å². The topological polar surface area (TPSA) is 82.3 Å². The van der Waals surface area contributed by atoms with Crippen LogP contribution in [0.4, 0.5) is 10.6 Å². The third kappa shape index (κ3) is 3.88. The SMILES string of the molecule is COc1cccc([C@@H](C)NC(=O)N(C)c2cc(C3=CCNC=C3)n[nH]2)c1. The maximum absolute atomic E-state index is 12.6. The van der Waals surface area contributed by atoms with Gasteiger partial charge < -0.3 is 15.4 Å². The summed E-state index contributed by atoms with van der Waals surface area (Å²) in [5, 5.41) is 13.3. The highest BCUT2D eigenvalue weighted by molar-refractivity contribution is 5.91. The maximum atomic E-state index is 12.6. The highest BCUT2D eigenvalue weighted by Crippen LogP contribution is 2.21. The Morgan fingerprint density at radius 3 is 2.96 bits per heavy atom. The number of dihydropyridines is 1. The molecule has 0 bridgehead atoms. The third-order valence-corrected chi connectivity index (χ3v) is 4.28. The molecule has 2 amide bonds. The van der Waals surface area contributed by atoms with Gasteiger partial charge in [0.2, 0.25) is 0 Å². The first-order chi connectivity index (χ1) is 12.6. The second-order valence-corrected chi connectivity index (χ2v) is 6.05. The number of hydrogen-bond acceptors (Lipinski definition) is 4. The van der Waals surface area contributed by atoms with Crippen molar-refractivity contribution in [3.63, 3.8) is 0 Å². The lowest BCUT2D eigenvalue weighted by Crippen LogP contribution is -2.38. The number of benzene rings is 1. The maximum Gasteiger partial charge on any atom is 0.323 e. The van der Waals surface area contributed by atoms with E-state index in [-0.39, 0.29) is 12.1 Å². The Morgan fingerprint density at radius 2 is 2.23 bits per heavy atom. The molecular weight excluding hydrogens is 330 g/mol. The van der Waals surface area contributed by atoms with Crippen LogP contribution in [0.3, 0.4) is 0 Å². The summed E-state index contributed by atoms with van der Waals surface area (Å²) in [5.74, 6) is 1.39. The molecule has 26 heavy (non-hydrogen) atoms. The number of hydrogen-bond donors (Lipinski definition) is 3. The molecule has 136 valence electrons. The van der Waals surface area contributed by atoms with Gasteiger partial charge in [-0.15, -0.1) is 0 Å². The molecule has 2 heterocycles. The monoisotopic (exact) mass is 353 g/mol. The summed E-state index contributed by atoms with van der Waals surface area (Å²) in [6.45, 7) is 2.70. The first-order valence-electron chi connectivity index (χ1n) is 8.42. The molecule has 0 spiro atoms. The van der Waals surface area contributed by atoms with Crippen molar-refractivity contribution < 1.29 is 9.53 Å². The smallest absolute Gasteiger partial charge is 0.323 e. The van der Waals surface area contributed by atoms with Crippen LogP contribution < -0.4 is 20.3 Å². The molecular formula is C19H23N5O2. The summed E-state index contributed by atoms with van der Waals surface area (Å²) in [5.41, 5.74) is 2.80. The normalized spacial score (nSPS) is 14.2. The number of urea groups is 1. The molecule has 0 saturated carbocycles. The van der Waals surface area contributed by atoms with Crippen molar-refractivity contribution in [2.45, 2.75) is 13.0 Å². The van der Waals surface area contributed by atoms with Crippen LogP contribution in [0.15, 0.2) is 48.7 Å². The average Bonchev–Trinajstić information content (AvgIpc) is 3.18. The number of ether oxygens (including phenoxy) is 1. The molecule has 7 heteroatoms. The largest absolute Gasteiger partial charge is 0.497 e. The van der Waals surface area contributed by atoms with Gasteiger partial charge in [-0.25, -0.2) is 4.79 Å². The van der Waals surface area contributed by atoms with Gasteiger partial charge in [-0.2, -0.15) is 5.10 Å². The van der Waals surface area contributed by atoms with Crippen molar-refractivity contribution in [2.75, 3.05) is 25.6 Å². The quantitative estimate of drug-likeness (QED) is 0.772. The number of nitrogens with zero attached hydrogens (tertiary/aromatic N) is 2. The van der Waals surface area contributed by atoms with Gasteiger partial charge in [0.15, 0.2) is 0 Å². The first kappa shape index (κ1) is 17.6. The number of H-pyrrole nitrogens is 1. The number of aromatic amines is 1. The average molecular weight is 353 g/mol. The minimum atomic E-state index is -0.217. The standard InChI is InChI=1S/C19H23N5O2/c1-13(15-5-4-6-16(11-15)26-3)21-19(25)24(2)18-12-17(22-23-18)14-7-9-20-10-8-14/h4-9,11-13,20H,10H2,1-3H3,(H,21,25)(H,22,23)/t13-/m1/s1. The zero-order valence-corrected chi connectivity index (χ0v) is 15.1. The molecule has 7 nitrogen and oxygen atoms in total. The third-order valence-electron chi connectivity index (χ3n) is 4.28. The highest BCUT2D eigenvalue weighted by atomic mass is 16.5. The van der Waals surface area contributed by atoms with Crippen molar-refractivity contribution in [2.24, 2.45) is 0 Å². The highest BCUT2D eigenvalue weighted by Gasteiger charge is 2.17. The van der Waals surface area contributed by atoms with Crippen LogP contribution in [0, 0.1) is 0 Å². The van der Waals surface area contributed by atoms with Gasteiger partial charge in [0.05, 0.1) is 18.8 Å². The number of methoxy groups -OCH3 is 1. The molecule has 0 saturated heterocycles. The Balaban J connectivity index is 1.66. The van der Waals surface area contributed by atoms with Gasteiger partial charge in [-0.05, 0) is 36.9 Å². The Bertz CT molecular complexity index is 840. The lowest BCUT2D eigenvalue weighted by molar-refractivity contribution is 0.244. The second-order valence-electron chi connectivity index (χ2n) is 6.05. The second kappa shape index (κ2) is 7.77. The van der Waals surface area contributed by atoms with Crippen LogP contribution in [-0.4, -0.2) is 36.9 Å². The van der Waals surface area contributed by atoms with E-state index in [0.29, 0.717) is 5.82 Å². The van der Waals surface area contributed by atoms with Crippen LogP contribution in [-0.2, 0) is 0 Å². The number of nitrogens with one attached hydrogen (secondary N) is 3. The van der Waals surface area contributed by atoms with E-state index >= 15 is 0 Å². The number of carbonyl (C=O) groups is 1. The molecule has 3 rings (SSSR count). The Morgan fingerprint density at radius 1 is 1.38 bits per heavy atom. The molecule has 0 unspecified atom stereocenters. The number of aromatic nitrogens is 2. The molecule has 1 aromatic heterocycles. The van der Waals surface area contributed by atoms with E-state index in [2.05, 4.69) is 20.8 Å². The van der Waals surface area contributed by atoms with E-state index in [1.807, 2.05) is 55.6 Å². The van der Waals surface area contributed by atoms with Crippen LogP contribution in [0.1, 0.15) is 24.2 Å². The summed E-state index contributed by atoms with van der Waals surface area (Å²) >= 11 is 0. The fraction of sp³-hybridized carbons (Fsp3) is 0.263. The van der Waals surface area contributed by atoms with E-state index in [0.717, 1.165) is 29.1 Å². The van der Waals surface area contributed by atoms with Gasteiger partial charge in [-0.3, -0.25) is 10.00 Å². The zero-order chi connectivity index (χ0) is 18.5. The Hall–Kier alpha value is -3.22. The van der Waals surface area contributed by atoms with E-state index < -0.39 is 0 Å².